The molecule has 1 aromatic rings. The van der Waals surface area contributed by atoms with Crippen LogP contribution in [0.2, 0.25) is 0 Å². The van der Waals surface area contributed by atoms with Crippen molar-refractivity contribution >= 4 is 0 Å². The van der Waals surface area contributed by atoms with Crippen molar-refractivity contribution < 1.29 is 9.47 Å². The summed E-state index contributed by atoms with van der Waals surface area (Å²) in [5.41, 5.74) is 1.10. The molecular formula is C15H18N2O2. The number of nitrogens with one attached hydrogen (secondary N) is 1. The van der Waals surface area contributed by atoms with E-state index in [0.717, 1.165) is 24.3 Å². The molecule has 3 rings (SSSR count). The minimum absolute atomic E-state index is 0.0915. The molecule has 0 saturated carbocycles. The lowest BCUT2D eigenvalue weighted by atomic mass is 9.95. The molecule has 2 bridgehead atoms. The van der Waals surface area contributed by atoms with E-state index >= 15 is 0 Å². The smallest absolute Gasteiger partial charge is 0.174 e. The van der Waals surface area contributed by atoms with Gasteiger partial charge in [0.25, 0.3) is 0 Å². The average Bonchev–Trinajstić information content (AvgIpc) is 3.06. The molecule has 2 aliphatic rings. The Morgan fingerprint density at radius 2 is 2.26 bits per heavy atom. The third-order valence-corrected chi connectivity index (χ3v) is 3.93. The van der Waals surface area contributed by atoms with Gasteiger partial charge in [0.15, 0.2) is 6.61 Å². The van der Waals surface area contributed by atoms with Crippen molar-refractivity contribution in [1.82, 2.24) is 5.32 Å². The molecule has 2 saturated heterocycles. The van der Waals surface area contributed by atoms with E-state index < -0.39 is 0 Å². The fourth-order valence-electron chi connectivity index (χ4n) is 2.99. The molecule has 1 aromatic carbocycles. The van der Waals surface area contributed by atoms with Gasteiger partial charge in [0.2, 0.25) is 0 Å². The molecule has 4 heteroatoms. The van der Waals surface area contributed by atoms with Crippen LogP contribution in [0, 0.1) is 11.3 Å². The molecule has 2 fully saturated rings. The van der Waals surface area contributed by atoms with Crippen LogP contribution in [0.4, 0.5) is 0 Å². The second kappa shape index (κ2) is 5.60. The van der Waals surface area contributed by atoms with Crippen molar-refractivity contribution in [3.05, 3.63) is 29.8 Å². The van der Waals surface area contributed by atoms with E-state index in [2.05, 4.69) is 5.32 Å². The van der Waals surface area contributed by atoms with Crippen LogP contribution in [0.1, 0.15) is 24.8 Å². The summed E-state index contributed by atoms with van der Waals surface area (Å²) in [6.45, 7) is 0.854. The molecule has 3 atom stereocenters. The summed E-state index contributed by atoms with van der Waals surface area (Å²) in [6, 6.07) is 10.3. The summed E-state index contributed by atoms with van der Waals surface area (Å²) in [5, 5.41) is 12.1. The molecule has 1 N–H and O–H groups in total. The van der Waals surface area contributed by atoms with Crippen molar-refractivity contribution in [1.29, 1.82) is 5.26 Å². The summed E-state index contributed by atoms with van der Waals surface area (Å²) < 4.78 is 11.3. The molecule has 0 spiro atoms. The van der Waals surface area contributed by atoms with Crippen molar-refractivity contribution in [2.75, 3.05) is 6.61 Å². The Morgan fingerprint density at radius 1 is 1.37 bits per heavy atom. The molecule has 0 aromatic heterocycles. The maximum atomic E-state index is 8.59. The number of ether oxygens (including phenoxy) is 2. The highest BCUT2D eigenvalue weighted by Crippen LogP contribution is 2.34. The molecule has 0 radical (unpaired) electrons. The molecule has 0 amide bonds. The second-order valence-electron chi connectivity index (χ2n) is 5.15. The number of benzene rings is 1. The predicted octanol–water partition coefficient (Wildman–Crippen LogP) is 2.00. The molecular weight excluding hydrogens is 240 g/mol. The van der Waals surface area contributed by atoms with Gasteiger partial charge in [-0.3, -0.25) is 0 Å². The zero-order chi connectivity index (χ0) is 13.1. The SMILES string of the molecule is N#CCOc1ccccc1CNC1CC2CCC1O2. The van der Waals surface area contributed by atoms with Gasteiger partial charge in [-0.15, -0.1) is 0 Å². The molecule has 4 nitrogen and oxygen atoms in total. The first-order valence-electron chi connectivity index (χ1n) is 6.83. The lowest BCUT2D eigenvalue weighted by molar-refractivity contribution is 0.0972. The van der Waals surface area contributed by atoms with Gasteiger partial charge in [-0.25, -0.2) is 0 Å². The van der Waals surface area contributed by atoms with Gasteiger partial charge >= 0.3 is 0 Å². The first kappa shape index (κ1) is 12.5. The van der Waals surface area contributed by atoms with E-state index in [0.29, 0.717) is 18.2 Å². The normalized spacial score (nSPS) is 28.3. The maximum absolute atomic E-state index is 8.59. The Labute approximate surface area is 113 Å². The van der Waals surface area contributed by atoms with Gasteiger partial charge in [0.05, 0.1) is 12.2 Å². The van der Waals surface area contributed by atoms with Crippen molar-refractivity contribution in [2.45, 2.75) is 44.1 Å². The van der Waals surface area contributed by atoms with Crippen LogP contribution in [0.5, 0.6) is 5.75 Å². The minimum atomic E-state index is 0.0915. The van der Waals surface area contributed by atoms with Crippen LogP contribution in [0.3, 0.4) is 0 Å². The van der Waals surface area contributed by atoms with Crippen LogP contribution < -0.4 is 10.1 Å². The number of hydrogen-bond donors (Lipinski definition) is 1. The highest BCUT2D eigenvalue weighted by Gasteiger charge is 2.40. The first-order valence-corrected chi connectivity index (χ1v) is 6.83. The van der Waals surface area contributed by atoms with E-state index in [1.54, 1.807) is 0 Å². The summed E-state index contributed by atoms with van der Waals surface area (Å²) in [5.74, 6) is 0.792. The fraction of sp³-hybridized carbons (Fsp3) is 0.533. The van der Waals surface area contributed by atoms with Gasteiger partial charge in [0, 0.05) is 18.2 Å². The summed E-state index contributed by atoms with van der Waals surface area (Å²) in [6.07, 6.45) is 4.36. The van der Waals surface area contributed by atoms with Gasteiger partial charge in [-0.2, -0.15) is 5.26 Å². The number of nitrogens with zero attached hydrogens (tertiary/aromatic N) is 1. The Hall–Kier alpha value is -1.57. The summed E-state index contributed by atoms with van der Waals surface area (Å²) in [4.78, 5) is 0. The molecule has 2 heterocycles. The molecule has 3 unspecified atom stereocenters. The number of nitriles is 1. The standard InChI is InChI=1S/C15H18N2O2/c16-7-8-18-14-4-2-1-3-11(14)10-17-13-9-12-5-6-15(13)19-12/h1-4,12-13,15,17H,5-6,8-10H2. The van der Waals surface area contributed by atoms with Gasteiger partial charge in [0.1, 0.15) is 11.8 Å². The number of rotatable bonds is 5. The number of para-hydroxylation sites is 1. The quantitative estimate of drug-likeness (QED) is 0.877. The summed E-state index contributed by atoms with van der Waals surface area (Å²) >= 11 is 0. The highest BCUT2D eigenvalue weighted by molar-refractivity contribution is 5.33. The van der Waals surface area contributed by atoms with E-state index in [1.165, 1.54) is 12.8 Å². The van der Waals surface area contributed by atoms with E-state index in [4.69, 9.17) is 14.7 Å². The van der Waals surface area contributed by atoms with Crippen LogP contribution >= 0.6 is 0 Å². The van der Waals surface area contributed by atoms with Crippen molar-refractivity contribution in [3.63, 3.8) is 0 Å². The van der Waals surface area contributed by atoms with Gasteiger partial charge < -0.3 is 14.8 Å². The minimum Gasteiger partial charge on any atom is -0.478 e. The van der Waals surface area contributed by atoms with Crippen molar-refractivity contribution in [2.24, 2.45) is 0 Å². The number of fused-ring (bicyclic) bond motifs is 2. The zero-order valence-electron chi connectivity index (χ0n) is 10.8. The lowest BCUT2D eigenvalue weighted by Gasteiger charge is -2.20. The Kier molecular flexibility index (Phi) is 3.67. The number of hydrogen-bond acceptors (Lipinski definition) is 4. The average molecular weight is 258 g/mol. The van der Waals surface area contributed by atoms with Gasteiger partial charge in [-0.1, -0.05) is 18.2 Å². The largest absolute Gasteiger partial charge is 0.478 e. The summed E-state index contributed by atoms with van der Waals surface area (Å²) in [7, 11) is 0. The monoisotopic (exact) mass is 258 g/mol. The fourth-order valence-corrected chi connectivity index (χ4v) is 2.99. The highest BCUT2D eigenvalue weighted by atomic mass is 16.5. The second-order valence-corrected chi connectivity index (χ2v) is 5.15. The molecule has 0 aliphatic carbocycles. The van der Waals surface area contributed by atoms with Gasteiger partial charge in [-0.05, 0) is 25.3 Å². The van der Waals surface area contributed by atoms with Crippen LogP contribution in [-0.2, 0) is 11.3 Å². The Bertz CT molecular complexity index is 483. The van der Waals surface area contributed by atoms with Crippen LogP contribution in [0.15, 0.2) is 24.3 Å². The van der Waals surface area contributed by atoms with E-state index in [1.807, 2.05) is 30.3 Å². The lowest BCUT2D eigenvalue weighted by Crippen LogP contribution is -2.37. The zero-order valence-corrected chi connectivity index (χ0v) is 10.8. The van der Waals surface area contributed by atoms with E-state index in [9.17, 15) is 0 Å². The first-order chi connectivity index (χ1) is 9.36. The Balaban J connectivity index is 1.59. The topological polar surface area (TPSA) is 54.3 Å². The maximum Gasteiger partial charge on any atom is 0.174 e. The molecule has 19 heavy (non-hydrogen) atoms. The van der Waals surface area contributed by atoms with Crippen molar-refractivity contribution in [3.8, 4) is 11.8 Å². The molecule has 100 valence electrons. The third kappa shape index (κ3) is 2.73. The molecule has 2 aliphatic heterocycles. The van der Waals surface area contributed by atoms with Crippen LogP contribution in [-0.4, -0.2) is 24.9 Å². The van der Waals surface area contributed by atoms with Crippen LogP contribution in [0.25, 0.3) is 0 Å². The third-order valence-electron chi connectivity index (χ3n) is 3.93. The van der Waals surface area contributed by atoms with E-state index in [-0.39, 0.29) is 6.61 Å². The predicted molar refractivity (Wildman–Crippen MR) is 70.7 cm³/mol. The Morgan fingerprint density at radius 3 is 3.00 bits per heavy atom.